The molecule has 2 rings (SSSR count). The number of hydrogen-bond acceptors (Lipinski definition) is 0. The van der Waals surface area contributed by atoms with Gasteiger partial charge in [-0.25, -0.2) is 0 Å². The molecular formula is C17H32. The van der Waals surface area contributed by atoms with Crippen LogP contribution in [-0.4, -0.2) is 0 Å². The van der Waals surface area contributed by atoms with E-state index in [4.69, 9.17) is 0 Å². The lowest BCUT2D eigenvalue weighted by molar-refractivity contribution is 0.551. The summed E-state index contributed by atoms with van der Waals surface area (Å²) in [6.07, 6.45) is 4.33. The highest BCUT2D eigenvalue weighted by molar-refractivity contribution is 5.19. The van der Waals surface area contributed by atoms with Crippen LogP contribution < -0.4 is 0 Å². The topological polar surface area (TPSA) is 0 Å². The molecule has 0 atom stereocenters. The second-order valence-corrected chi connectivity index (χ2v) is 4.82. The third-order valence-electron chi connectivity index (χ3n) is 3.18. The van der Waals surface area contributed by atoms with Crippen molar-refractivity contribution in [3.63, 3.8) is 0 Å². The zero-order valence-electron chi connectivity index (χ0n) is 11.9. The lowest BCUT2D eigenvalue weighted by Gasteiger charge is -1.96. The van der Waals surface area contributed by atoms with E-state index in [2.05, 4.69) is 52.0 Å². The predicted molar refractivity (Wildman–Crippen MR) is 81.6 cm³/mol. The molecule has 0 radical (unpaired) electrons. The third-order valence-corrected chi connectivity index (χ3v) is 3.18. The lowest BCUT2D eigenvalue weighted by Crippen LogP contribution is -1.84. The van der Waals surface area contributed by atoms with E-state index in [9.17, 15) is 0 Å². The number of aryl methyl sites for hydroxylation is 2. The van der Waals surface area contributed by atoms with Gasteiger partial charge in [-0.15, -0.1) is 0 Å². The summed E-state index contributed by atoms with van der Waals surface area (Å²) in [5.74, 6) is 0. The molecule has 0 unspecified atom stereocenters. The van der Waals surface area contributed by atoms with Gasteiger partial charge in [-0.05, 0) is 32.1 Å². The summed E-state index contributed by atoms with van der Waals surface area (Å²) < 4.78 is 0. The van der Waals surface area contributed by atoms with Crippen LogP contribution in [0.25, 0.3) is 0 Å². The van der Waals surface area contributed by atoms with Crippen LogP contribution in [0.2, 0.25) is 0 Å². The van der Waals surface area contributed by atoms with Crippen LogP contribution >= 0.6 is 0 Å². The van der Waals surface area contributed by atoms with Gasteiger partial charge >= 0.3 is 0 Å². The van der Waals surface area contributed by atoms with Crippen molar-refractivity contribution in [3.8, 4) is 0 Å². The summed E-state index contributed by atoms with van der Waals surface area (Å²) in [6, 6.07) is 8.48. The molecule has 1 aliphatic carbocycles. The van der Waals surface area contributed by atoms with E-state index in [1.165, 1.54) is 30.4 Å². The Morgan fingerprint density at radius 2 is 1.24 bits per heavy atom. The summed E-state index contributed by atoms with van der Waals surface area (Å²) in [4.78, 5) is 0. The van der Waals surface area contributed by atoms with Crippen molar-refractivity contribution in [1.29, 1.82) is 0 Å². The molecule has 0 aromatic heterocycles. The van der Waals surface area contributed by atoms with Crippen molar-refractivity contribution < 1.29 is 0 Å². The maximum atomic E-state index is 2.35. The van der Waals surface area contributed by atoms with Crippen LogP contribution in [-0.2, 0) is 0 Å². The zero-order chi connectivity index (χ0) is 12.6. The van der Waals surface area contributed by atoms with Crippen molar-refractivity contribution in [2.75, 3.05) is 0 Å². The summed E-state index contributed by atoms with van der Waals surface area (Å²) >= 11 is 0. The van der Waals surface area contributed by atoms with Gasteiger partial charge in [0.05, 0.1) is 0 Å². The molecule has 0 heteroatoms. The first-order chi connectivity index (χ1) is 7.56. The van der Waals surface area contributed by atoms with Crippen molar-refractivity contribution in [2.45, 2.75) is 68.2 Å². The first kappa shape index (κ1) is 18.6. The Labute approximate surface area is 109 Å². The van der Waals surface area contributed by atoms with Gasteiger partial charge in [0.25, 0.3) is 0 Å². The molecule has 0 heterocycles. The van der Waals surface area contributed by atoms with Crippen LogP contribution in [0.5, 0.6) is 0 Å². The smallest absolute Gasteiger partial charge is 0.0328 e. The molecule has 100 valence electrons. The van der Waals surface area contributed by atoms with E-state index in [1.807, 2.05) is 13.8 Å². The minimum absolute atomic E-state index is 0. The molecular weight excluding hydrogens is 204 g/mol. The van der Waals surface area contributed by atoms with E-state index in [0.29, 0.717) is 0 Å². The van der Waals surface area contributed by atoms with Crippen molar-refractivity contribution >= 4 is 0 Å². The fourth-order valence-electron chi connectivity index (χ4n) is 1.20. The molecule has 0 saturated heterocycles. The van der Waals surface area contributed by atoms with E-state index in [1.54, 1.807) is 0 Å². The highest BCUT2D eigenvalue weighted by Gasteiger charge is 2.34. The third kappa shape index (κ3) is 8.97. The Balaban J connectivity index is 0. The summed E-state index contributed by atoms with van der Waals surface area (Å²) in [7, 11) is 0. The molecule has 1 aromatic carbocycles. The molecule has 1 aromatic rings. The maximum absolute atomic E-state index is 2.35. The van der Waals surface area contributed by atoms with Gasteiger partial charge in [0.15, 0.2) is 0 Å². The fourth-order valence-corrected chi connectivity index (χ4v) is 1.20. The van der Waals surface area contributed by atoms with Gasteiger partial charge in [-0.3, -0.25) is 0 Å². The normalized spacial score (nSPS) is 14.2. The molecule has 0 N–H and O–H groups in total. The minimum atomic E-state index is 0. The van der Waals surface area contributed by atoms with Crippen LogP contribution in [0.1, 0.15) is 65.5 Å². The fraction of sp³-hybridized carbons (Fsp3) is 0.647. The first-order valence-electron chi connectivity index (χ1n) is 6.59. The second kappa shape index (κ2) is 9.27. The molecule has 17 heavy (non-hydrogen) atoms. The first-order valence-corrected chi connectivity index (χ1v) is 6.59. The van der Waals surface area contributed by atoms with Crippen LogP contribution in [0.4, 0.5) is 0 Å². The Bertz CT molecular complexity index is 244. The van der Waals surface area contributed by atoms with Gasteiger partial charge in [0.1, 0.15) is 0 Å². The molecule has 1 fully saturated rings. The Morgan fingerprint density at radius 3 is 1.35 bits per heavy atom. The van der Waals surface area contributed by atoms with E-state index < -0.39 is 0 Å². The number of rotatable bonds is 1. The Morgan fingerprint density at radius 1 is 0.941 bits per heavy atom. The predicted octanol–water partition coefficient (Wildman–Crippen LogP) is 6.16. The van der Waals surface area contributed by atoms with Gasteiger partial charge in [0.2, 0.25) is 0 Å². The van der Waals surface area contributed by atoms with E-state index in [0.717, 1.165) is 5.41 Å². The molecule has 1 saturated carbocycles. The van der Waals surface area contributed by atoms with Gasteiger partial charge in [-0.1, -0.05) is 76.9 Å². The molecule has 0 bridgehead atoms. The standard InChI is InChI=1S/C8H10.C6H12.C2H6.CH4/c1-7-3-5-8(2)6-4-7;1-3-6(2)4-5-6;1-2;/h3-6H,1-2H3;3-5H2,1-2H3;1-2H3;1H4. The monoisotopic (exact) mass is 236 g/mol. The zero-order valence-corrected chi connectivity index (χ0v) is 11.9. The SMILES string of the molecule is C.CC.CCC1(C)CC1.Cc1ccc(C)cc1. The van der Waals surface area contributed by atoms with E-state index >= 15 is 0 Å². The van der Waals surface area contributed by atoms with Gasteiger partial charge in [-0.2, -0.15) is 0 Å². The molecule has 0 amide bonds. The second-order valence-electron chi connectivity index (χ2n) is 4.82. The van der Waals surface area contributed by atoms with E-state index in [-0.39, 0.29) is 7.43 Å². The molecule has 1 aliphatic rings. The van der Waals surface area contributed by atoms with Gasteiger partial charge in [0, 0.05) is 0 Å². The summed E-state index contributed by atoms with van der Waals surface area (Å²) in [5.41, 5.74) is 3.45. The number of hydrogen-bond donors (Lipinski definition) is 0. The van der Waals surface area contributed by atoms with Crippen LogP contribution in [0.15, 0.2) is 24.3 Å². The van der Waals surface area contributed by atoms with Crippen LogP contribution in [0, 0.1) is 19.3 Å². The van der Waals surface area contributed by atoms with Crippen molar-refractivity contribution in [2.24, 2.45) is 5.41 Å². The van der Waals surface area contributed by atoms with Crippen molar-refractivity contribution in [3.05, 3.63) is 35.4 Å². The minimum Gasteiger partial charge on any atom is -0.0776 e. The highest BCUT2D eigenvalue weighted by Crippen LogP contribution is 2.47. The molecule has 0 aliphatic heterocycles. The largest absolute Gasteiger partial charge is 0.0776 e. The Hall–Kier alpha value is -0.780. The average molecular weight is 236 g/mol. The summed E-state index contributed by atoms with van der Waals surface area (Å²) in [5, 5.41) is 0. The summed E-state index contributed by atoms with van der Waals surface area (Å²) in [6.45, 7) is 12.8. The van der Waals surface area contributed by atoms with Gasteiger partial charge < -0.3 is 0 Å². The van der Waals surface area contributed by atoms with Crippen molar-refractivity contribution in [1.82, 2.24) is 0 Å². The Kier molecular flexibility index (Phi) is 10.1. The maximum Gasteiger partial charge on any atom is -0.0328 e. The van der Waals surface area contributed by atoms with Crippen LogP contribution in [0.3, 0.4) is 0 Å². The average Bonchev–Trinajstić information content (AvgIpc) is 3.06. The molecule has 0 nitrogen and oxygen atoms in total. The quantitative estimate of drug-likeness (QED) is 0.547. The number of benzene rings is 1. The highest BCUT2D eigenvalue weighted by atomic mass is 14.4. The molecule has 0 spiro atoms. The lowest BCUT2D eigenvalue weighted by atomic mass is 10.1.